The lowest BCUT2D eigenvalue weighted by Gasteiger charge is -2.34. The first kappa shape index (κ1) is 16.4. The number of nitrogens with zero attached hydrogens (tertiary/aromatic N) is 3. The summed E-state index contributed by atoms with van der Waals surface area (Å²) in [6.07, 6.45) is 7.93. The quantitative estimate of drug-likeness (QED) is 0.771. The number of hydrogen-bond donors (Lipinski definition) is 2. The molecule has 0 bridgehead atoms. The number of carbonyl (C=O) groups excluding carboxylic acids is 1. The second-order valence-electron chi connectivity index (χ2n) is 6.36. The Labute approximate surface area is 136 Å². The minimum absolute atomic E-state index is 0.0248. The van der Waals surface area contributed by atoms with Gasteiger partial charge < -0.3 is 19.7 Å². The van der Waals surface area contributed by atoms with Crippen LogP contribution in [0.15, 0.2) is 18.7 Å². The minimum Gasteiger partial charge on any atom is -0.389 e. The Balaban J connectivity index is 1.40. The molecule has 1 aromatic heterocycles. The number of amides is 1. The molecule has 128 valence electrons. The van der Waals surface area contributed by atoms with Gasteiger partial charge >= 0.3 is 0 Å². The van der Waals surface area contributed by atoms with Gasteiger partial charge in [0.15, 0.2) is 0 Å². The van der Waals surface area contributed by atoms with Gasteiger partial charge in [0.05, 0.1) is 31.7 Å². The fourth-order valence-corrected chi connectivity index (χ4v) is 3.55. The summed E-state index contributed by atoms with van der Waals surface area (Å²) in [6.45, 7) is 3.99. The maximum absolute atomic E-state index is 12.1. The maximum atomic E-state index is 12.1. The third-order valence-corrected chi connectivity index (χ3v) is 4.82. The monoisotopic (exact) mass is 322 g/mol. The van der Waals surface area contributed by atoms with Gasteiger partial charge in [-0.05, 0) is 19.3 Å². The maximum Gasteiger partial charge on any atom is 0.220 e. The van der Waals surface area contributed by atoms with E-state index in [-0.39, 0.29) is 18.0 Å². The summed E-state index contributed by atoms with van der Waals surface area (Å²) in [4.78, 5) is 18.3. The summed E-state index contributed by atoms with van der Waals surface area (Å²) < 4.78 is 7.33. The lowest BCUT2D eigenvalue weighted by atomic mass is 10.1. The van der Waals surface area contributed by atoms with E-state index in [2.05, 4.69) is 15.2 Å². The molecule has 1 aliphatic heterocycles. The molecule has 3 rings (SSSR count). The van der Waals surface area contributed by atoms with Crippen molar-refractivity contribution in [2.45, 2.75) is 50.4 Å². The third kappa shape index (κ3) is 4.31. The zero-order valence-electron chi connectivity index (χ0n) is 13.4. The van der Waals surface area contributed by atoms with Crippen LogP contribution in [0.4, 0.5) is 0 Å². The van der Waals surface area contributed by atoms with Crippen molar-refractivity contribution in [2.75, 3.05) is 26.3 Å². The van der Waals surface area contributed by atoms with Crippen molar-refractivity contribution in [2.24, 2.45) is 0 Å². The van der Waals surface area contributed by atoms with Crippen LogP contribution in [0, 0.1) is 0 Å². The molecular weight excluding hydrogens is 296 g/mol. The number of hydrogen-bond acceptors (Lipinski definition) is 5. The molecule has 2 aliphatic rings. The number of aliphatic hydroxyl groups excluding tert-OH is 1. The highest BCUT2D eigenvalue weighted by molar-refractivity contribution is 5.76. The van der Waals surface area contributed by atoms with Gasteiger partial charge in [-0.25, -0.2) is 4.98 Å². The molecule has 3 atom stereocenters. The van der Waals surface area contributed by atoms with Crippen LogP contribution in [0.1, 0.15) is 25.7 Å². The first-order valence-corrected chi connectivity index (χ1v) is 8.49. The van der Waals surface area contributed by atoms with E-state index in [9.17, 15) is 9.90 Å². The molecule has 2 heterocycles. The Morgan fingerprint density at radius 1 is 1.35 bits per heavy atom. The van der Waals surface area contributed by atoms with Gasteiger partial charge in [-0.2, -0.15) is 0 Å². The topological polar surface area (TPSA) is 79.6 Å². The van der Waals surface area contributed by atoms with E-state index >= 15 is 0 Å². The van der Waals surface area contributed by atoms with Crippen molar-refractivity contribution < 1.29 is 14.6 Å². The Morgan fingerprint density at radius 2 is 2.17 bits per heavy atom. The molecule has 1 aromatic rings. The summed E-state index contributed by atoms with van der Waals surface area (Å²) in [5, 5.41) is 13.5. The Morgan fingerprint density at radius 3 is 2.91 bits per heavy atom. The fourth-order valence-electron chi connectivity index (χ4n) is 3.55. The van der Waals surface area contributed by atoms with Crippen LogP contribution < -0.4 is 5.32 Å². The van der Waals surface area contributed by atoms with E-state index in [0.29, 0.717) is 6.42 Å². The Kier molecular flexibility index (Phi) is 5.64. The minimum atomic E-state index is -0.481. The van der Waals surface area contributed by atoms with Gasteiger partial charge in [-0.1, -0.05) is 0 Å². The normalized spacial score (nSPS) is 28.8. The van der Waals surface area contributed by atoms with Crippen LogP contribution in [-0.2, 0) is 16.1 Å². The summed E-state index contributed by atoms with van der Waals surface area (Å²) in [6, 6.07) is 0.0266. The molecule has 1 amide bonds. The molecule has 0 radical (unpaired) electrons. The van der Waals surface area contributed by atoms with Crippen molar-refractivity contribution >= 4 is 5.91 Å². The number of aryl methyl sites for hydroxylation is 1. The van der Waals surface area contributed by atoms with Crippen LogP contribution in [0.2, 0.25) is 0 Å². The summed E-state index contributed by atoms with van der Waals surface area (Å²) in [5.41, 5.74) is 0. The van der Waals surface area contributed by atoms with E-state index in [1.54, 1.807) is 12.5 Å². The van der Waals surface area contributed by atoms with E-state index in [1.807, 2.05) is 10.8 Å². The highest BCUT2D eigenvalue weighted by Crippen LogP contribution is 2.25. The molecule has 7 heteroatoms. The average molecular weight is 322 g/mol. The van der Waals surface area contributed by atoms with E-state index in [1.165, 1.54) is 0 Å². The average Bonchev–Trinajstić information content (AvgIpc) is 3.19. The molecule has 7 nitrogen and oxygen atoms in total. The SMILES string of the molecule is O=C(CCCn1ccnc1)N[C@@H]1CC[C@@H](N2CCOCC2)[C@@H]1O. The fraction of sp³-hybridized carbons (Fsp3) is 0.750. The first-order chi connectivity index (χ1) is 11.2. The summed E-state index contributed by atoms with van der Waals surface area (Å²) in [5.74, 6) is 0.0248. The lowest BCUT2D eigenvalue weighted by molar-refractivity contribution is -0.122. The van der Waals surface area contributed by atoms with Crippen molar-refractivity contribution in [1.29, 1.82) is 0 Å². The van der Waals surface area contributed by atoms with Gasteiger partial charge in [0.25, 0.3) is 0 Å². The largest absolute Gasteiger partial charge is 0.389 e. The molecule has 0 unspecified atom stereocenters. The molecule has 1 aliphatic carbocycles. The highest BCUT2D eigenvalue weighted by atomic mass is 16.5. The molecule has 1 saturated carbocycles. The van der Waals surface area contributed by atoms with Gasteiger partial charge in [-0.3, -0.25) is 9.69 Å². The molecular formula is C16H26N4O3. The highest BCUT2D eigenvalue weighted by Gasteiger charge is 2.39. The summed E-state index contributed by atoms with van der Waals surface area (Å²) in [7, 11) is 0. The first-order valence-electron chi connectivity index (χ1n) is 8.49. The van der Waals surface area contributed by atoms with E-state index < -0.39 is 6.10 Å². The van der Waals surface area contributed by atoms with Crippen LogP contribution in [0.25, 0.3) is 0 Å². The lowest BCUT2D eigenvalue weighted by Crippen LogP contribution is -2.51. The Bertz CT molecular complexity index is 488. The number of ether oxygens (including phenoxy) is 1. The van der Waals surface area contributed by atoms with E-state index in [0.717, 1.165) is 52.1 Å². The van der Waals surface area contributed by atoms with Gasteiger partial charge in [0.1, 0.15) is 0 Å². The number of morpholine rings is 1. The predicted molar refractivity (Wildman–Crippen MR) is 84.8 cm³/mol. The van der Waals surface area contributed by atoms with Gasteiger partial charge in [0.2, 0.25) is 5.91 Å². The van der Waals surface area contributed by atoms with Crippen LogP contribution >= 0.6 is 0 Å². The summed E-state index contributed by atoms with van der Waals surface area (Å²) >= 11 is 0. The standard InChI is InChI=1S/C16H26N4O3/c21-15(2-1-6-19-7-5-17-12-19)18-13-3-4-14(16(13)22)20-8-10-23-11-9-20/h5,7,12-14,16,22H,1-4,6,8-11H2,(H,18,21)/t13-,14-,16-/m1/s1. The number of aromatic nitrogens is 2. The number of aliphatic hydroxyl groups is 1. The number of nitrogens with one attached hydrogen (secondary N) is 1. The van der Waals surface area contributed by atoms with Crippen LogP contribution in [0.3, 0.4) is 0 Å². The van der Waals surface area contributed by atoms with Crippen molar-refractivity contribution in [3.05, 3.63) is 18.7 Å². The van der Waals surface area contributed by atoms with Crippen LogP contribution in [0.5, 0.6) is 0 Å². The zero-order valence-corrected chi connectivity index (χ0v) is 13.4. The van der Waals surface area contributed by atoms with Crippen LogP contribution in [-0.4, -0.2) is 70.0 Å². The number of imidazole rings is 1. The number of rotatable bonds is 6. The van der Waals surface area contributed by atoms with Crippen molar-refractivity contribution in [3.63, 3.8) is 0 Å². The number of carbonyl (C=O) groups is 1. The Hall–Kier alpha value is -1.44. The van der Waals surface area contributed by atoms with Gasteiger partial charge in [0, 0.05) is 44.5 Å². The second-order valence-corrected chi connectivity index (χ2v) is 6.36. The van der Waals surface area contributed by atoms with Crippen molar-refractivity contribution in [3.8, 4) is 0 Å². The second kappa shape index (κ2) is 7.90. The molecule has 0 aromatic carbocycles. The molecule has 23 heavy (non-hydrogen) atoms. The third-order valence-electron chi connectivity index (χ3n) is 4.82. The molecule has 2 fully saturated rings. The van der Waals surface area contributed by atoms with Crippen molar-refractivity contribution in [1.82, 2.24) is 19.8 Å². The van der Waals surface area contributed by atoms with Gasteiger partial charge in [-0.15, -0.1) is 0 Å². The van der Waals surface area contributed by atoms with E-state index in [4.69, 9.17) is 4.74 Å². The molecule has 0 spiro atoms. The zero-order chi connectivity index (χ0) is 16.1. The molecule has 1 saturated heterocycles. The smallest absolute Gasteiger partial charge is 0.220 e. The predicted octanol–water partition coefficient (Wildman–Crippen LogP) is 0.00360. The molecule has 2 N–H and O–H groups in total.